The molecule has 2 nitrogen and oxygen atoms in total. The number of hydrogen-bond donors (Lipinski definition) is 0. The van der Waals surface area contributed by atoms with Gasteiger partial charge in [-0.05, 0) is 54.0 Å². The van der Waals surface area contributed by atoms with Gasteiger partial charge < -0.3 is 4.74 Å². The summed E-state index contributed by atoms with van der Waals surface area (Å²) in [5.74, 6) is 1.67. The minimum Gasteiger partial charge on any atom is -0.462 e. The van der Waals surface area contributed by atoms with E-state index in [4.69, 9.17) is 4.74 Å². The molecule has 0 heterocycles. The third-order valence-electron chi connectivity index (χ3n) is 5.88. The molecule has 3 rings (SSSR count). The largest absolute Gasteiger partial charge is 0.462 e. The second-order valence-corrected chi connectivity index (χ2v) is 7.96. The molecular formula is C24H32O2. The summed E-state index contributed by atoms with van der Waals surface area (Å²) in [5.41, 5.74) is 1.96. The number of benzene rings is 2. The van der Waals surface area contributed by atoms with Gasteiger partial charge in [0.25, 0.3) is 0 Å². The molecule has 2 aromatic rings. The molecule has 1 saturated carbocycles. The number of unbranched alkanes of at least 4 members (excludes halogenated alkanes) is 1. The number of hydrogen-bond acceptors (Lipinski definition) is 2. The molecule has 0 atom stereocenters. The van der Waals surface area contributed by atoms with Crippen molar-refractivity contribution in [1.82, 2.24) is 0 Å². The van der Waals surface area contributed by atoms with Gasteiger partial charge in [-0.2, -0.15) is 0 Å². The summed E-state index contributed by atoms with van der Waals surface area (Å²) in [5, 5.41) is 2.13. The van der Waals surface area contributed by atoms with Crippen LogP contribution in [0, 0.1) is 11.8 Å². The fraction of sp³-hybridized carbons (Fsp3) is 0.542. The van der Waals surface area contributed by atoms with Crippen molar-refractivity contribution >= 4 is 16.7 Å². The van der Waals surface area contributed by atoms with E-state index in [1.807, 2.05) is 31.2 Å². The average Bonchev–Trinajstić information content (AvgIpc) is 2.66. The third-order valence-corrected chi connectivity index (χ3v) is 5.88. The Labute approximate surface area is 157 Å². The number of carbonyl (C=O) groups excluding carboxylic acids is 1. The standard InChI is InChI=1S/C24H32O2/c1-3-26-24(25)23-17-20(16-21-10-6-7-11-22(21)23)9-5-4-8-19-14-12-18(2)13-15-19/h6-7,10-11,16-19H,3-5,8-9,12-15H2,1-2H3. The zero-order chi connectivity index (χ0) is 18.4. The molecule has 0 bridgehead atoms. The van der Waals surface area contributed by atoms with Crippen molar-refractivity contribution in [2.24, 2.45) is 11.8 Å². The molecule has 1 aliphatic carbocycles. The maximum Gasteiger partial charge on any atom is 0.338 e. The third kappa shape index (κ3) is 4.87. The Morgan fingerprint density at radius 2 is 1.85 bits per heavy atom. The van der Waals surface area contributed by atoms with Crippen molar-refractivity contribution in [1.29, 1.82) is 0 Å². The molecule has 0 aliphatic heterocycles. The van der Waals surface area contributed by atoms with Crippen molar-refractivity contribution in [3.8, 4) is 0 Å². The molecule has 0 spiro atoms. The fourth-order valence-electron chi connectivity index (χ4n) is 4.27. The normalized spacial score (nSPS) is 20.2. The average molecular weight is 353 g/mol. The first kappa shape index (κ1) is 18.9. The van der Waals surface area contributed by atoms with Gasteiger partial charge in [0.1, 0.15) is 0 Å². The first-order chi connectivity index (χ1) is 12.7. The summed E-state index contributed by atoms with van der Waals surface area (Å²) in [6.45, 7) is 4.66. The molecule has 140 valence electrons. The molecule has 0 amide bonds. The van der Waals surface area contributed by atoms with E-state index in [0.29, 0.717) is 12.2 Å². The summed E-state index contributed by atoms with van der Waals surface area (Å²) in [6, 6.07) is 12.4. The highest BCUT2D eigenvalue weighted by atomic mass is 16.5. The van der Waals surface area contributed by atoms with Gasteiger partial charge in [-0.3, -0.25) is 0 Å². The Hall–Kier alpha value is -1.83. The predicted molar refractivity (Wildman–Crippen MR) is 109 cm³/mol. The number of carbonyl (C=O) groups is 1. The maximum absolute atomic E-state index is 12.4. The Morgan fingerprint density at radius 3 is 2.62 bits per heavy atom. The number of esters is 1. The lowest BCUT2D eigenvalue weighted by Gasteiger charge is -2.26. The van der Waals surface area contributed by atoms with Crippen LogP contribution in [0.25, 0.3) is 10.8 Å². The zero-order valence-electron chi connectivity index (χ0n) is 16.3. The molecule has 0 N–H and O–H groups in total. The Kier molecular flexibility index (Phi) is 6.71. The second kappa shape index (κ2) is 9.21. The monoisotopic (exact) mass is 352 g/mol. The predicted octanol–water partition coefficient (Wildman–Crippen LogP) is 6.56. The molecule has 0 unspecified atom stereocenters. The maximum atomic E-state index is 12.4. The summed E-state index contributed by atoms with van der Waals surface area (Å²) < 4.78 is 5.27. The van der Waals surface area contributed by atoms with Crippen LogP contribution in [0.4, 0.5) is 0 Å². The molecule has 1 aliphatic rings. The molecule has 0 aromatic heterocycles. The minimum atomic E-state index is -0.207. The highest BCUT2D eigenvalue weighted by Gasteiger charge is 2.17. The van der Waals surface area contributed by atoms with E-state index in [-0.39, 0.29) is 5.97 Å². The van der Waals surface area contributed by atoms with E-state index in [0.717, 1.165) is 29.0 Å². The molecule has 2 aromatic carbocycles. The van der Waals surface area contributed by atoms with E-state index in [2.05, 4.69) is 19.1 Å². The summed E-state index contributed by atoms with van der Waals surface area (Å²) in [7, 11) is 0. The number of fused-ring (bicyclic) bond motifs is 1. The first-order valence-corrected chi connectivity index (χ1v) is 10.4. The quantitative estimate of drug-likeness (QED) is 0.417. The Balaban J connectivity index is 1.61. The van der Waals surface area contributed by atoms with E-state index >= 15 is 0 Å². The highest BCUT2D eigenvalue weighted by molar-refractivity contribution is 6.04. The van der Waals surface area contributed by atoms with Crippen LogP contribution in [0.3, 0.4) is 0 Å². The van der Waals surface area contributed by atoms with Gasteiger partial charge in [-0.15, -0.1) is 0 Å². The summed E-state index contributed by atoms with van der Waals surface area (Å²) in [4.78, 5) is 12.4. The van der Waals surface area contributed by atoms with Crippen LogP contribution in [0.2, 0.25) is 0 Å². The second-order valence-electron chi connectivity index (χ2n) is 7.96. The Bertz CT molecular complexity index is 726. The van der Waals surface area contributed by atoms with Crippen molar-refractivity contribution in [3.05, 3.63) is 47.5 Å². The van der Waals surface area contributed by atoms with E-state index in [9.17, 15) is 4.79 Å². The van der Waals surface area contributed by atoms with Crippen molar-refractivity contribution in [2.75, 3.05) is 6.61 Å². The van der Waals surface area contributed by atoms with Gasteiger partial charge >= 0.3 is 5.97 Å². The SMILES string of the molecule is CCOC(=O)c1cc(CCCCC2CCC(C)CC2)cc2ccccc12. The lowest BCUT2D eigenvalue weighted by molar-refractivity contribution is 0.0528. The molecule has 0 radical (unpaired) electrons. The topological polar surface area (TPSA) is 26.3 Å². The van der Waals surface area contributed by atoms with Crippen molar-refractivity contribution in [3.63, 3.8) is 0 Å². The number of ether oxygens (including phenoxy) is 1. The molecule has 26 heavy (non-hydrogen) atoms. The van der Waals surface area contributed by atoms with Gasteiger partial charge in [-0.1, -0.05) is 75.8 Å². The lowest BCUT2D eigenvalue weighted by Crippen LogP contribution is -2.12. The number of aryl methyl sites for hydroxylation is 1. The zero-order valence-corrected chi connectivity index (χ0v) is 16.3. The number of rotatable bonds is 7. The molecular weight excluding hydrogens is 320 g/mol. The van der Waals surface area contributed by atoms with Crippen LogP contribution < -0.4 is 0 Å². The fourth-order valence-corrected chi connectivity index (χ4v) is 4.27. The van der Waals surface area contributed by atoms with Gasteiger partial charge in [0.2, 0.25) is 0 Å². The van der Waals surface area contributed by atoms with Crippen LogP contribution in [0.15, 0.2) is 36.4 Å². The molecule has 2 heteroatoms. The van der Waals surface area contributed by atoms with Crippen LogP contribution in [0.5, 0.6) is 0 Å². The van der Waals surface area contributed by atoms with Crippen molar-refractivity contribution in [2.45, 2.75) is 65.2 Å². The highest BCUT2D eigenvalue weighted by Crippen LogP contribution is 2.31. The van der Waals surface area contributed by atoms with Crippen molar-refractivity contribution < 1.29 is 9.53 Å². The van der Waals surface area contributed by atoms with Gasteiger partial charge in [0.05, 0.1) is 12.2 Å². The van der Waals surface area contributed by atoms with Gasteiger partial charge in [0.15, 0.2) is 0 Å². The Morgan fingerprint density at radius 1 is 1.08 bits per heavy atom. The summed E-state index contributed by atoms with van der Waals surface area (Å²) >= 11 is 0. The van der Waals surface area contributed by atoms with Gasteiger partial charge in [-0.25, -0.2) is 4.79 Å². The first-order valence-electron chi connectivity index (χ1n) is 10.4. The van der Waals surface area contributed by atoms with Crippen LogP contribution in [0.1, 0.15) is 74.7 Å². The lowest BCUT2D eigenvalue weighted by atomic mass is 9.80. The van der Waals surface area contributed by atoms with Gasteiger partial charge in [0, 0.05) is 0 Å². The van der Waals surface area contributed by atoms with Crippen LogP contribution >= 0.6 is 0 Å². The minimum absolute atomic E-state index is 0.207. The molecule has 1 fully saturated rings. The smallest absolute Gasteiger partial charge is 0.338 e. The molecule has 0 saturated heterocycles. The summed E-state index contributed by atoms with van der Waals surface area (Å²) in [6.07, 6.45) is 10.6. The van der Waals surface area contributed by atoms with E-state index < -0.39 is 0 Å². The van der Waals surface area contributed by atoms with E-state index in [1.165, 1.54) is 50.5 Å². The van der Waals surface area contributed by atoms with Crippen LogP contribution in [-0.4, -0.2) is 12.6 Å². The van der Waals surface area contributed by atoms with E-state index in [1.54, 1.807) is 0 Å². The van der Waals surface area contributed by atoms with Crippen LogP contribution in [-0.2, 0) is 11.2 Å².